The molecule has 252 valence electrons. The Hall–Kier alpha value is -4.02. The van der Waals surface area contributed by atoms with Crippen LogP contribution in [0.1, 0.15) is 35.2 Å². The van der Waals surface area contributed by atoms with Crippen molar-refractivity contribution in [2.75, 3.05) is 18.2 Å². The van der Waals surface area contributed by atoms with E-state index in [2.05, 4.69) is 10.6 Å². The number of hydrogen-bond donors (Lipinski definition) is 3. The number of rotatable bonds is 10. The van der Waals surface area contributed by atoms with Crippen LogP contribution in [0.5, 0.6) is 5.75 Å². The van der Waals surface area contributed by atoms with Gasteiger partial charge in [-0.25, -0.2) is 26.4 Å². The number of ether oxygens (including phenoxy) is 1. The number of nitrogens with one attached hydrogen (secondary N) is 2. The summed E-state index contributed by atoms with van der Waals surface area (Å²) in [5.41, 5.74) is -4.53. The van der Waals surface area contributed by atoms with Gasteiger partial charge in [0.15, 0.2) is 0 Å². The fraction of sp³-hybridized carbons (Fsp3) is 0.355. The van der Waals surface area contributed by atoms with Crippen LogP contribution in [0.4, 0.5) is 23.2 Å². The first kappa shape index (κ1) is 34.3. The molecule has 47 heavy (non-hydrogen) atoms. The Morgan fingerprint density at radius 3 is 2.30 bits per heavy atom. The van der Waals surface area contributed by atoms with E-state index in [-0.39, 0.29) is 46.6 Å². The van der Waals surface area contributed by atoms with Gasteiger partial charge >= 0.3 is 5.51 Å². The van der Waals surface area contributed by atoms with Crippen molar-refractivity contribution in [2.24, 2.45) is 22.9 Å². The zero-order valence-electron chi connectivity index (χ0n) is 24.9. The molecule has 2 bridgehead atoms. The molecule has 0 aliphatic heterocycles. The van der Waals surface area contributed by atoms with Gasteiger partial charge in [-0.15, -0.1) is 0 Å². The van der Waals surface area contributed by atoms with E-state index in [0.717, 1.165) is 30.7 Å². The predicted octanol–water partition coefficient (Wildman–Crippen LogP) is 4.41. The molecule has 0 spiro atoms. The van der Waals surface area contributed by atoms with Gasteiger partial charge in [-0.05, 0) is 72.9 Å². The highest BCUT2D eigenvalue weighted by Crippen LogP contribution is 2.49. The smallest absolute Gasteiger partial charge is 0.496 e. The van der Waals surface area contributed by atoms with Crippen LogP contribution < -0.4 is 20.5 Å². The summed E-state index contributed by atoms with van der Waals surface area (Å²) in [5.74, 6) is -3.19. The molecule has 4 N–H and O–H groups in total. The zero-order chi connectivity index (χ0) is 34.3. The maximum atomic E-state index is 15.2. The maximum Gasteiger partial charge on any atom is 0.501 e. The number of carbonyl (C=O) groups is 2. The number of sulfonamides is 1. The number of nitrogens with two attached hydrogens (primary N) is 1. The van der Waals surface area contributed by atoms with Crippen LogP contribution in [0.3, 0.4) is 0 Å². The summed E-state index contributed by atoms with van der Waals surface area (Å²) >= 11 is 0. The molecule has 0 aromatic heterocycles. The van der Waals surface area contributed by atoms with Crippen LogP contribution in [-0.4, -0.2) is 53.1 Å². The number of alkyl halides is 3. The van der Waals surface area contributed by atoms with Crippen molar-refractivity contribution >= 4 is 37.4 Å². The van der Waals surface area contributed by atoms with Crippen LogP contribution in [0.2, 0.25) is 0 Å². The Morgan fingerprint density at radius 2 is 1.66 bits per heavy atom. The third-order valence-electron chi connectivity index (χ3n) is 8.71. The predicted molar refractivity (Wildman–Crippen MR) is 164 cm³/mol. The molecular formula is C31H31F4N3O7S2. The van der Waals surface area contributed by atoms with E-state index in [1.165, 1.54) is 19.2 Å². The van der Waals surface area contributed by atoms with Gasteiger partial charge in [-0.1, -0.05) is 30.3 Å². The molecule has 0 unspecified atom stereocenters. The van der Waals surface area contributed by atoms with Crippen molar-refractivity contribution in [1.82, 2.24) is 5.32 Å². The average Bonchev–Trinajstić information content (AvgIpc) is 3.61. The molecule has 2 fully saturated rings. The molecule has 3 aromatic rings. The number of aryl methyl sites for hydroxylation is 1. The number of benzene rings is 3. The topological polar surface area (TPSA) is 162 Å². The van der Waals surface area contributed by atoms with Crippen LogP contribution in [0.25, 0.3) is 11.1 Å². The van der Waals surface area contributed by atoms with Crippen molar-refractivity contribution in [3.05, 3.63) is 77.6 Å². The van der Waals surface area contributed by atoms with E-state index in [1.807, 2.05) is 0 Å². The minimum atomic E-state index is -5.64. The van der Waals surface area contributed by atoms with Crippen LogP contribution in [0.15, 0.2) is 65.6 Å². The van der Waals surface area contributed by atoms with E-state index in [4.69, 9.17) is 9.88 Å². The number of amides is 2. The Labute approximate surface area is 268 Å². The van der Waals surface area contributed by atoms with Gasteiger partial charge in [0.25, 0.3) is 15.7 Å². The Morgan fingerprint density at radius 1 is 0.979 bits per heavy atom. The van der Waals surface area contributed by atoms with E-state index in [9.17, 15) is 39.6 Å². The van der Waals surface area contributed by atoms with Gasteiger partial charge in [0.05, 0.1) is 29.2 Å². The third-order valence-corrected chi connectivity index (χ3v) is 11.0. The molecule has 5 rings (SSSR count). The second-order valence-electron chi connectivity index (χ2n) is 11.7. The highest BCUT2D eigenvalue weighted by atomic mass is 32.2. The molecule has 3 aromatic carbocycles. The number of halogens is 4. The molecule has 2 aliphatic carbocycles. The summed E-state index contributed by atoms with van der Waals surface area (Å²) in [6.45, 7) is 0. The van der Waals surface area contributed by atoms with Gasteiger partial charge in [0.1, 0.15) is 11.6 Å². The van der Waals surface area contributed by atoms with Crippen molar-refractivity contribution < 1.29 is 48.7 Å². The molecule has 2 amide bonds. The number of sulfone groups is 1. The highest BCUT2D eigenvalue weighted by molar-refractivity contribution is 7.92. The summed E-state index contributed by atoms with van der Waals surface area (Å²) in [5, 5.41) is 10.5. The molecule has 10 nitrogen and oxygen atoms in total. The quantitative estimate of drug-likeness (QED) is 0.265. The van der Waals surface area contributed by atoms with Crippen molar-refractivity contribution in [3.8, 4) is 16.9 Å². The SMILES string of the molecule is COc1cc(F)c(-c2ccc(CCS(N)(=O)=O)cc2)cc1C(=O)N[C@H]1[C@H]2CC[C@H](C2)[C@H]1C(=O)Nc1cccc(S(=O)(=O)C(F)(F)F)c1. The van der Waals surface area contributed by atoms with Crippen LogP contribution in [0, 0.1) is 23.6 Å². The highest BCUT2D eigenvalue weighted by Gasteiger charge is 2.52. The number of methoxy groups -OCH3 is 1. The van der Waals surface area contributed by atoms with E-state index in [1.54, 1.807) is 24.3 Å². The Balaban J connectivity index is 1.37. The number of carbonyl (C=O) groups excluding carboxylic acids is 2. The molecule has 0 heterocycles. The second kappa shape index (κ2) is 12.9. The number of anilines is 1. The lowest BCUT2D eigenvalue weighted by Crippen LogP contribution is -2.48. The minimum absolute atomic E-state index is 0.00538. The molecule has 0 radical (unpaired) electrons. The summed E-state index contributed by atoms with van der Waals surface area (Å²) < 4.78 is 106. The van der Waals surface area contributed by atoms with Crippen molar-refractivity contribution in [1.29, 1.82) is 0 Å². The Bertz CT molecular complexity index is 1920. The largest absolute Gasteiger partial charge is 0.501 e. The first-order valence-electron chi connectivity index (χ1n) is 14.5. The number of primary sulfonamides is 1. The molecule has 2 aliphatic rings. The first-order valence-corrected chi connectivity index (χ1v) is 17.7. The average molecular weight is 698 g/mol. The molecule has 0 saturated heterocycles. The maximum absolute atomic E-state index is 15.2. The van der Waals surface area contributed by atoms with Gasteiger partial charge in [0, 0.05) is 23.4 Å². The molecule has 2 saturated carbocycles. The summed E-state index contributed by atoms with van der Waals surface area (Å²) in [6, 6.07) is 12.0. The van der Waals surface area contributed by atoms with Gasteiger partial charge < -0.3 is 15.4 Å². The van der Waals surface area contributed by atoms with Gasteiger partial charge in [-0.2, -0.15) is 13.2 Å². The Kier molecular flexibility index (Phi) is 9.41. The van der Waals surface area contributed by atoms with E-state index < -0.39 is 59.9 Å². The summed E-state index contributed by atoms with van der Waals surface area (Å²) in [6.07, 6.45) is 2.19. The van der Waals surface area contributed by atoms with Gasteiger partial charge in [-0.3, -0.25) is 9.59 Å². The lowest BCUT2D eigenvalue weighted by molar-refractivity contribution is -0.122. The van der Waals surface area contributed by atoms with Gasteiger partial charge in [0.2, 0.25) is 15.9 Å². The second-order valence-corrected chi connectivity index (χ2v) is 15.3. The standard InChI is InChI=1S/C31H31F4N3O7S2/c1-45-26-16-25(32)23(18-7-5-17(6-8-18)11-12-46(36,41)42)15-24(26)29(39)38-28-20-10-9-19(13-20)27(28)30(40)37-21-3-2-4-22(14-21)47(43,44)31(33,34)35/h2-8,14-16,19-20,27-28H,9-13H2,1H3,(H,37,40)(H,38,39)(H2,36,41,42)/t19-,20+,27-,28+/m1/s1. The lowest BCUT2D eigenvalue weighted by atomic mass is 9.83. The fourth-order valence-electron chi connectivity index (χ4n) is 6.44. The summed E-state index contributed by atoms with van der Waals surface area (Å²) in [7, 11) is -8.03. The molecule has 16 heteroatoms. The van der Waals surface area contributed by atoms with Crippen molar-refractivity contribution in [3.63, 3.8) is 0 Å². The van der Waals surface area contributed by atoms with E-state index in [0.29, 0.717) is 24.0 Å². The third kappa shape index (κ3) is 7.28. The van der Waals surface area contributed by atoms with Crippen LogP contribution in [-0.2, 0) is 31.1 Å². The monoisotopic (exact) mass is 697 g/mol. The molecule has 4 atom stereocenters. The number of hydrogen-bond acceptors (Lipinski definition) is 7. The van der Waals surface area contributed by atoms with Crippen LogP contribution >= 0.6 is 0 Å². The normalized spacial score (nSPS) is 21.0. The number of fused-ring (bicyclic) bond motifs is 2. The summed E-state index contributed by atoms with van der Waals surface area (Å²) in [4.78, 5) is 26.1. The molecular weight excluding hydrogens is 666 g/mol. The van der Waals surface area contributed by atoms with E-state index >= 15 is 4.39 Å². The fourth-order valence-corrected chi connectivity index (χ4v) is 7.77. The minimum Gasteiger partial charge on any atom is -0.496 e. The zero-order valence-corrected chi connectivity index (χ0v) is 26.5. The lowest BCUT2D eigenvalue weighted by Gasteiger charge is -2.31. The first-order chi connectivity index (χ1) is 22.0. The van der Waals surface area contributed by atoms with Crippen molar-refractivity contribution in [2.45, 2.75) is 42.1 Å².